The van der Waals surface area contributed by atoms with Gasteiger partial charge in [-0.3, -0.25) is 0 Å². The zero-order chi connectivity index (χ0) is 21.6. The van der Waals surface area contributed by atoms with Crippen LogP contribution in [-0.2, 0) is 9.47 Å². The molecule has 1 aromatic heterocycles. The molecule has 0 saturated carbocycles. The highest BCUT2D eigenvalue weighted by atomic mass is 19.1. The van der Waals surface area contributed by atoms with Gasteiger partial charge in [0.2, 0.25) is 0 Å². The Bertz CT molecular complexity index is 886. The van der Waals surface area contributed by atoms with E-state index in [1.165, 1.54) is 0 Å². The Kier molecular flexibility index (Phi) is 7.15. The Hall–Kier alpha value is -2.81. The van der Waals surface area contributed by atoms with Crippen LogP contribution in [0.15, 0.2) is 34.5 Å². The summed E-state index contributed by atoms with van der Waals surface area (Å²) in [5.41, 5.74) is 0.898. The van der Waals surface area contributed by atoms with Crippen molar-refractivity contribution >= 4 is 23.2 Å². The maximum absolute atomic E-state index is 13.1. The van der Waals surface area contributed by atoms with Gasteiger partial charge in [0.15, 0.2) is 5.58 Å². The first-order chi connectivity index (χ1) is 14.3. The summed E-state index contributed by atoms with van der Waals surface area (Å²) in [7, 11) is 0. The van der Waals surface area contributed by atoms with Gasteiger partial charge in [-0.25, -0.2) is 9.18 Å². The van der Waals surface area contributed by atoms with E-state index in [1.807, 2.05) is 0 Å². The molecule has 2 aromatic rings. The lowest BCUT2D eigenvalue weighted by Gasteiger charge is -2.26. The molecule has 0 radical (unpaired) electrons. The molecule has 1 aliphatic rings. The van der Waals surface area contributed by atoms with Gasteiger partial charge in [-0.1, -0.05) is 0 Å². The van der Waals surface area contributed by atoms with Gasteiger partial charge >= 0.3 is 6.09 Å². The van der Waals surface area contributed by atoms with E-state index in [2.05, 4.69) is 15.6 Å². The minimum absolute atomic E-state index is 0.0191. The van der Waals surface area contributed by atoms with E-state index < -0.39 is 11.7 Å². The molecule has 1 saturated heterocycles. The van der Waals surface area contributed by atoms with Crippen LogP contribution in [-0.4, -0.2) is 49.1 Å². The molecule has 1 fully saturated rings. The van der Waals surface area contributed by atoms with Crippen molar-refractivity contribution in [3.05, 3.63) is 30.1 Å². The van der Waals surface area contributed by atoms with Gasteiger partial charge in [0, 0.05) is 31.3 Å². The molecular weight excluding hydrogens is 393 g/mol. The first kappa shape index (κ1) is 21.9. The summed E-state index contributed by atoms with van der Waals surface area (Å²) in [5.74, 6) is 0.504. The average molecular weight is 421 g/mol. The van der Waals surface area contributed by atoms with E-state index in [-0.39, 0.29) is 18.7 Å². The lowest BCUT2D eigenvalue weighted by Crippen LogP contribution is -2.34. The number of nitrogens with zero attached hydrogens (tertiary/aromatic N) is 1. The molecule has 9 heteroatoms. The number of hydrogen-bond donors (Lipinski definition) is 2. The Labute approximate surface area is 174 Å². The third kappa shape index (κ3) is 6.62. The summed E-state index contributed by atoms with van der Waals surface area (Å²) >= 11 is 0. The van der Waals surface area contributed by atoms with Crippen LogP contribution in [0.25, 0.3) is 11.1 Å². The molecule has 1 amide bonds. The molecule has 1 aliphatic heterocycles. The Balaban J connectivity index is 1.47. The van der Waals surface area contributed by atoms with Gasteiger partial charge in [0.1, 0.15) is 23.5 Å². The summed E-state index contributed by atoms with van der Waals surface area (Å²) in [4.78, 5) is 16.1. The van der Waals surface area contributed by atoms with Gasteiger partial charge in [-0.2, -0.15) is 4.98 Å². The number of benzene rings is 1. The van der Waals surface area contributed by atoms with Crippen molar-refractivity contribution in [3.8, 4) is 5.75 Å². The minimum Gasteiger partial charge on any atom is -0.489 e. The normalized spacial score (nSPS) is 16.8. The highest BCUT2D eigenvalue weighted by Crippen LogP contribution is 2.24. The molecular formula is C21H28FN3O5. The number of nitrogens with one attached hydrogen (secondary N) is 2. The number of carbonyl (C=O) groups is 1. The monoisotopic (exact) mass is 421 g/mol. The first-order valence-electron chi connectivity index (χ1n) is 9.96. The number of anilines is 1. The van der Waals surface area contributed by atoms with Crippen LogP contribution in [0.3, 0.4) is 0 Å². The van der Waals surface area contributed by atoms with Gasteiger partial charge in [0.05, 0.1) is 12.4 Å². The third-order valence-electron chi connectivity index (χ3n) is 4.33. The highest BCUT2D eigenvalue weighted by Gasteiger charge is 2.18. The highest BCUT2D eigenvalue weighted by molar-refractivity contribution is 5.76. The second-order valence-electron chi connectivity index (χ2n) is 8.06. The number of aromatic nitrogens is 1. The average Bonchev–Trinajstić information content (AvgIpc) is 3.04. The molecule has 1 unspecified atom stereocenters. The molecule has 0 spiro atoms. The summed E-state index contributed by atoms with van der Waals surface area (Å²) in [6.45, 7) is 6.77. The van der Waals surface area contributed by atoms with Crippen molar-refractivity contribution in [2.45, 2.75) is 45.3 Å². The number of amides is 1. The molecule has 0 aliphatic carbocycles. The number of alkyl carbamates (subject to hydrolysis) is 1. The number of carbonyl (C=O) groups excluding carboxylic acids is 1. The predicted octanol–water partition coefficient (Wildman–Crippen LogP) is 4.18. The largest absolute Gasteiger partial charge is 0.489 e. The number of ether oxygens (including phenoxy) is 3. The zero-order valence-electron chi connectivity index (χ0n) is 17.5. The van der Waals surface area contributed by atoms with Crippen LogP contribution < -0.4 is 15.4 Å². The molecule has 2 N–H and O–H groups in total. The van der Waals surface area contributed by atoms with E-state index in [0.717, 1.165) is 26.0 Å². The Morgan fingerprint density at radius 3 is 2.87 bits per heavy atom. The van der Waals surface area contributed by atoms with Crippen LogP contribution in [0.1, 0.15) is 33.6 Å². The lowest BCUT2D eigenvalue weighted by molar-refractivity contribution is -0.0523. The first-order valence-corrected chi connectivity index (χ1v) is 9.96. The maximum Gasteiger partial charge on any atom is 0.407 e. The molecule has 2 heterocycles. The van der Waals surface area contributed by atoms with Gasteiger partial charge < -0.3 is 29.3 Å². The molecule has 30 heavy (non-hydrogen) atoms. The summed E-state index contributed by atoms with van der Waals surface area (Å²) < 4.78 is 34.9. The molecule has 3 rings (SSSR count). The van der Waals surface area contributed by atoms with Gasteiger partial charge in [0.25, 0.3) is 6.01 Å². The second-order valence-corrected chi connectivity index (χ2v) is 8.06. The fraction of sp³-hybridized carbons (Fsp3) is 0.524. The maximum atomic E-state index is 13.1. The van der Waals surface area contributed by atoms with Crippen LogP contribution in [0.5, 0.6) is 5.75 Å². The van der Waals surface area contributed by atoms with E-state index in [0.29, 0.717) is 35.3 Å². The Morgan fingerprint density at radius 2 is 2.20 bits per heavy atom. The topological polar surface area (TPSA) is 94.9 Å². The van der Waals surface area contributed by atoms with E-state index in [4.69, 9.17) is 18.6 Å². The quantitative estimate of drug-likeness (QED) is 0.627. The number of rotatable bonds is 9. The summed E-state index contributed by atoms with van der Waals surface area (Å²) in [6.07, 6.45) is 2.12. The van der Waals surface area contributed by atoms with Crippen molar-refractivity contribution in [1.29, 1.82) is 0 Å². The van der Waals surface area contributed by atoms with Crippen LogP contribution in [0, 0.1) is 0 Å². The smallest absolute Gasteiger partial charge is 0.407 e. The third-order valence-corrected chi connectivity index (χ3v) is 4.33. The second kappa shape index (κ2) is 9.80. The van der Waals surface area contributed by atoms with Gasteiger partial charge in [-0.15, -0.1) is 0 Å². The van der Waals surface area contributed by atoms with Gasteiger partial charge in [-0.05, 0) is 45.7 Å². The van der Waals surface area contributed by atoms with E-state index in [1.54, 1.807) is 39.0 Å². The van der Waals surface area contributed by atoms with Crippen LogP contribution in [0.2, 0.25) is 0 Å². The fourth-order valence-electron chi connectivity index (χ4n) is 2.72. The molecule has 1 atom stereocenters. The van der Waals surface area contributed by atoms with Crippen molar-refractivity contribution in [3.63, 3.8) is 0 Å². The zero-order valence-corrected chi connectivity index (χ0v) is 17.5. The SMILES string of the molecule is CC(C)(C)OC(=O)NC/C(=C/F)COc1ccc2nc(NCCC3CCO3)oc2c1. The fourth-order valence-corrected chi connectivity index (χ4v) is 2.72. The predicted molar refractivity (Wildman–Crippen MR) is 110 cm³/mol. The number of hydrogen-bond acceptors (Lipinski definition) is 7. The Morgan fingerprint density at radius 1 is 1.40 bits per heavy atom. The lowest BCUT2D eigenvalue weighted by atomic mass is 10.1. The molecule has 8 nitrogen and oxygen atoms in total. The standard InChI is InChI=1S/C21H28FN3O5/c1-21(2,3)30-20(26)24-12-14(11-22)13-28-16-4-5-17-18(10-16)29-19(25-17)23-8-6-15-7-9-27-15/h4-5,10-11,15H,6-9,12-13H2,1-3H3,(H,23,25)(H,24,26)/b14-11-. The molecule has 1 aromatic carbocycles. The van der Waals surface area contributed by atoms with E-state index in [9.17, 15) is 9.18 Å². The van der Waals surface area contributed by atoms with Crippen molar-refractivity contribution in [1.82, 2.24) is 10.3 Å². The van der Waals surface area contributed by atoms with Crippen LogP contribution in [0.4, 0.5) is 15.2 Å². The summed E-state index contributed by atoms with van der Waals surface area (Å²) in [6, 6.07) is 5.63. The van der Waals surface area contributed by atoms with Crippen molar-refractivity contribution in [2.24, 2.45) is 0 Å². The molecule has 164 valence electrons. The molecule has 0 bridgehead atoms. The number of oxazole rings is 1. The van der Waals surface area contributed by atoms with E-state index >= 15 is 0 Å². The van der Waals surface area contributed by atoms with Crippen LogP contribution >= 0.6 is 0 Å². The number of halogens is 1. The number of fused-ring (bicyclic) bond motifs is 1. The van der Waals surface area contributed by atoms with Crippen molar-refractivity contribution in [2.75, 3.05) is 31.6 Å². The van der Waals surface area contributed by atoms with Crippen molar-refractivity contribution < 1.29 is 27.8 Å². The summed E-state index contributed by atoms with van der Waals surface area (Å²) in [5, 5.41) is 5.65. The minimum atomic E-state index is -0.620.